The molecule has 1 rings (SSSR count). The second-order valence-electron chi connectivity index (χ2n) is 2.55. The number of hydroxylamine groups is 2. The molecule has 0 aromatic carbocycles. The van der Waals surface area contributed by atoms with Crippen molar-refractivity contribution in [2.24, 2.45) is 0 Å². The molecule has 0 aliphatic heterocycles. The Hall–Kier alpha value is -0.810. The van der Waals surface area contributed by atoms with E-state index in [0.29, 0.717) is 4.67 Å². The van der Waals surface area contributed by atoms with Gasteiger partial charge in [0.15, 0.2) is 10.4 Å². The highest BCUT2D eigenvalue weighted by Crippen LogP contribution is 2.20. The molecule has 0 unspecified atom stereocenters. The average Bonchev–Trinajstić information content (AvgIpc) is 2.42. The van der Waals surface area contributed by atoms with Crippen LogP contribution in [0.4, 0.5) is 0 Å². The van der Waals surface area contributed by atoms with Crippen molar-refractivity contribution in [1.82, 2.24) is 5.06 Å². The van der Waals surface area contributed by atoms with Crippen molar-refractivity contribution < 1.29 is 14.0 Å². The van der Waals surface area contributed by atoms with Crippen molar-refractivity contribution in [2.75, 3.05) is 14.2 Å². The fourth-order valence-corrected chi connectivity index (χ4v) is 1.39. The number of rotatable bonds is 2. The van der Waals surface area contributed by atoms with E-state index in [1.807, 2.05) is 0 Å². The minimum atomic E-state index is -0.300. The Balaban J connectivity index is 2.94. The van der Waals surface area contributed by atoms with E-state index in [1.165, 1.54) is 14.2 Å². The summed E-state index contributed by atoms with van der Waals surface area (Å²) in [4.78, 5) is 16.2. The molecule has 0 spiro atoms. The van der Waals surface area contributed by atoms with Crippen LogP contribution in [-0.4, -0.2) is 25.1 Å². The van der Waals surface area contributed by atoms with Crippen LogP contribution in [-0.2, 0) is 4.84 Å². The monoisotopic (exact) mass is 247 g/mol. The third-order valence-electron chi connectivity index (χ3n) is 1.64. The third kappa shape index (κ3) is 2.10. The first-order chi connectivity index (χ1) is 6.06. The zero-order valence-electron chi connectivity index (χ0n) is 7.63. The Morgan fingerprint density at radius 1 is 1.69 bits per heavy atom. The fourth-order valence-electron chi connectivity index (χ4n) is 0.881. The van der Waals surface area contributed by atoms with E-state index in [0.717, 1.165) is 10.6 Å². The average molecular weight is 248 g/mol. The lowest BCUT2D eigenvalue weighted by Crippen LogP contribution is -2.25. The van der Waals surface area contributed by atoms with E-state index in [1.54, 1.807) is 13.0 Å². The summed E-state index contributed by atoms with van der Waals surface area (Å²) in [5.74, 6) is -0.0121. The molecule has 0 N–H and O–H groups in total. The minimum absolute atomic E-state index is 0.288. The van der Waals surface area contributed by atoms with Gasteiger partial charge in [0.05, 0.1) is 7.11 Å². The van der Waals surface area contributed by atoms with Crippen LogP contribution in [0.2, 0.25) is 0 Å². The number of nitrogens with zero attached hydrogens (tertiary/aromatic N) is 1. The summed E-state index contributed by atoms with van der Waals surface area (Å²) in [6.07, 6.45) is 0. The molecule has 0 fully saturated rings. The Morgan fingerprint density at radius 2 is 2.31 bits per heavy atom. The normalized spacial score (nSPS) is 10.2. The van der Waals surface area contributed by atoms with E-state index in [-0.39, 0.29) is 11.7 Å². The van der Waals surface area contributed by atoms with Gasteiger partial charge >= 0.3 is 5.91 Å². The third-order valence-corrected chi connectivity index (χ3v) is 2.03. The summed E-state index contributed by atoms with van der Waals surface area (Å²) in [6.45, 7) is 1.80. The van der Waals surface area contributed by atoms with Crippen molar-refractivity contribution in [2.45, 2.75) is 6.92 Å². The van der Waals surface area contributed by atoms with Crippen molar-refractivity contribution >= 4 is 21.8 Å². The number of aryl methyl sites for hydroxylation is 1. The smallest absolute Gasteiger partial charge is 0.313 e. The highest BCUT2D eigenvalue weighted by Gasteiger charge is 2.18. The SMILES string of the molecule is CON(C)C(=O)c1oc(Br)cc1C. The number of hydrogen-bond donors (Lipinski definition) is 0. The van der Waals surface area contributed by atoms with Gasteiger partial charge in [0.2, 0.25) is 0 Å². The highest BCUT2D eigenvalue weighted by atomic mass is 79.9. The van der Waals surface area contributed by atoms with Crippen LogP contribution in [0, 0.1) is 6.92 Å². The summed E-state index contributed by atoms with van der Waals surface area (Å²) in [5, 5.41) is 1.11. The molecular formula is C8H10BrNO3. The van der Waals surface area contributed by atoms with Crippen LogP contribution in [0.1, 0.15) is 16.1 Å². The zero-order chi connectivity index (χ0) is 10.0. The molecule has 5 heteroatoms. The van der Waals surface area contributed by atoms with Crippen LogP contribution in [0.3, 0.4) is 0 Å². The van der Waals surface area contributed by atoms with Crippen molar-refractivity contribution in [3.8, 4) is 0 Å². The van der Waals surface area contributed by atoms with Gasteiger partial charge in [-0.05, 0) is 28.9 Å². The van der Waals surface area contributed by atoms with Crippen LogP contribution < -0.4 is 0 Å². The van der Waals surface area contributed by atoms with Gasteiger partial charge < -0.3 is 4.42 Å². The number of amides is 1. The summed E-state index contributed by atoms with van der Waals surface area (Å²) in [5.41, 5.74) is 0.778. The first kappa shape index (κ1) is 10.3. The van der Waals surface area contributed by atoms with Crippen molar-refractivity contribution in [3.05, 3.63) is 22.1 Å². The lowest BCUT2D eigenvalue weighted by molar-refractivity contribution is -0.0774. The van der Waals surface area contributed by atoms with Crippen LogP contribution in [0.5, 0.6) is 0 Å². The molecule has 0 saturated heterocycles. The molecule has 1 heterocycles. The molecule has 0 saturated carbocycles. The Bertz CT molecular complexity index is 321. The Labute approximate surface area is 84.5 Å². The second kappa shape index (κ2) is 3.93. The quantitative estimate of drug-likeness (QED) is 0.751. The predicted molar refractivity (Wildman–Crippen MR) is 50.2 cm³/mol. The maximum Gasteiger partial charge on any atom is 0.313 e. The Kier molecular flexibility index (Phi) is 3.11. The van der Waals surface area contributed by atoms with Gasteiger partial charge in [-0.25, -0.2) is 5.06 Å². The molecule has 1 aromatic heterocycles. The van der Waals surface area contributed by atoms with Gasteiger partial charge in [0, 0.05) is 12.6 Å². The van der Waals surface area contributed by atoms with Crippen LogP contribution in [0.15, 0.2) is 15.2 Å². The minimum Gasteiger partial charge on any atom is -0.444 e. The van der Waals surface area contributed by atoms with Crippen molar-refractivity contribution in [3.63, 3.8) is 0 Å². The molecule has 1 aromatic rings. The molecule has 1 amide bonds. The number of halogens is 1. The van der Waals surface area contributed by atoms with Gasteiger partial charge in [-0.15, -0.1) is 0 Å². The summed E-state index contributed by atoms with van der Waals surface area (Å²) >= 11 is 3.14. The largest absolute Gasteiger partial charge is 0.444 e. The molecule has 0 radical (unpaired) electrons. The summed E-state index contributed by atoms with van der Waals surface area (Å²) < 4.78 is 5.68. The van der Waals surface area contributed by atoms with Gasteiger partial charge in [0.1, 0.15) is 0 Å². The number of furan rings is 1. The molecule has 0 atom stereocenters. The molecule has 4 nitrogen and oxygen atoms in total. The van der Waals surface area contributed by atoms with Crippen LogP contribution in [0.25, 0.3) is 0 Å². The maximum atomic E-state index is 11.5. The van der Waals surface area contributed by atoms with Gasteiger partial charge in [-0.3, -0.25) is 9.63 Å². The zero-order valence-corrected chi connectivity index (χ0v) is 9.21. The molecule has 0 aliphatic rings. The van der Waals surface area contributed by atoms with E-state index in [4.69, 9.17) is 9.25 Å². The van der Waals surface area contributed by atoms with Crippen LogP contribution >= 0.6 is 15.9 Å². The molecule has 72 valence electrons. The highest BCUT2D eigenvalue weighted by molar-refractivity contribution is 9.10. The van der Waals surface area contributed by atoms with Gasteiger partial charge in [-0.1, -0.05) is 0 Å². The van der Waals surface area contributed by atoms with E-state index in [9.17, 15) is 4.79 Å². The summed E-state index contributed by atoms with van der Waals surface area (Å²) in [7, 11) is 2.95. The van der Waals surface area contributed by atoms with E-state index < -0.39 is 0 Å². The Morgan fingerprint density at radius 3 is 2.69 bits per heavy atom. The van der Waals surface area contributed by atoms with Gasteiger partial charge in [0.25, 0.3) is 0 Å². The lowest BCUT2D eigenvalue weighted by atomic mass is 10.3. The number of carbonyl (C=O) groups is 1. The fraction of sp³-hybridized carbons (Fsp3) is 0.375. The van der Waals surface area contributed by atoms with E-state index in [2.05, 4.69) is 15.9 Å². The summed E-state index contributed by atoms with van der Waals surface area (Å²) in [6, 6.07) is 1.73. The standard InChI is InChI=1S/C8H10BrNO3/c1-5-4-6(9)13-7(5)8(11)10(2)12-3/h4H,1-3H3. The topological polar surface area (TPSA) is 42.7 Å². The first-order valence-electron chi connectivity index (χ1n) is 3.64. The van der Waals surface area contributed by atoms with E-state index >= 15 is 0 Å². The van der Waals surface area contributed by atoms with Crippen molar-refractivity contribution in [1.29, 1.82) is 0 Å². The predicted octanol–water partition coefficient (Wildman–Crippen LogP) is 1.98. The number of hydrogen-bond acceptors (Lipinski definition) is 3. The number of carbonyl (C=O) groups excluding carboxylic acids is 1. The molecule has 0 aliphatic carbocycles. The second-order valence-corrected chi connectivity index (χ2v) is 3.33. The lowest BCUT2D eigenvalue weighted by Gasteiger charge is -2.11. The first-order valence-corrected chi connectivity index (χ1v) is 4.43. The van der Waals surface area contributed by atoms with Gasteiger partial charge in [-0.2, -0.15) is 0 Å². The molecular weight excluding hydrogens is 238 g/mol. The molecule has 13 heavy (non-hydrogen) atoms. The molecule has 0 bridgehead atoms. The maximum absolute atomic E-state index is 11.5.